The summed E-state index contributed by atoms with van der Waals surface area (Å²) in [5.74, 6) is 0. The van der Waals surface area contributed by atoms with Crippen LogP contribution >= 0.6 is 11.6 Å². The molecule has 3 nitrogen and oxygen atoms in total. The molecule has 1 aliphatic rings. The van der Waals surface area contributed by atoms with Crippen molar-refractivity contribution in [2.24, 2.45) is 0 Å². The molecule has 0 aliphatic carbocycles. The first-order chi connectivity index (χ1) is 9.13. The van der Waals surface area contributed by atoms with Gasteiger partial charge in [-0.2, -0.15) is 0 Å². The van der Waals surface area contributed by atoms with Gasteiger partial charge in [0.05, 0.1) is 0 Å². The van der Waals surface area contributed by atoms with Crippen LogP contribution in [0.25, 0.3) is 0 Å². The molecule has 4 heteroatoms. The molecule has 2 rings (SSSR count). The van der Waals surface area contributed by atoms with Gasteiger partial charge in [-0.1, -0.05) is 17.7 Å². The zero-order chi connectivity index (χ0) is 13.8. The number of benzene rings is 1. The molecule has 0 aromatic heterocycles. The number of halogens is 1. The number of anilines is 1. The highest BCUT2D eigenvalue weighted by Gasteiger charge is 2.22. The van der Waals surface area contributed by atoms with Gasteiger partial charge in [0.2, 0.25) is 0 Å². The van der Waals surface area contributed by atoms with Crippen LogP contribution in [0.15, 0.2) is 18.2 Å². The third-order valence-electron chi connectivity index (χ3n) is 3.98. The third kappa shape index (κ3) is 3.41. The van der Waals surface area contributed by atoms with Crippen LogP contribution in [0.2, 0.25) is 5.02 Å². The highest BCUT2D eigenvalue weighted by molar-refractivity contribution is 6.31. The van der Waals surface area contributed by atoms with Crippen molar-refractivity contribution < 1.29 is 0 Å². The molecule has 1 heterocycles. The topological polar surface area (TPSA) is 18.5 Å². The van der Waals surface area contributed by atoms with Gasteiger partial charge in [-0.3, -0.25) is 0 Å². The molecule has 0 bridgehead atoms. The second-order valence-electron chi connectivity index (χ2n) is 5.45. The Morgan fingerprint density at radius 2 is 2.00 bits per heavy atom. The molecule has 106 valence electrons. The Morgan fingerprint density at radius 1 is 1.32 bits per heavy atom. The van der Waals surface area contributed by atoms with E-state index >= 15 is 0 Å². The van der Waals surface area contributed by atoms with E-state index in [0.29, 0.717) is 6.04 Å². The standard InChI is InChI=1S/C15H24ClN3/c1-17-11-13-14(16)5-4-6-15(13)19-9-7-12(8-10-19)18(2)3/h4-6,12,17H,7-11H2,1-3H3. The smallest absolute Gasteiger partial charge is 0.0471 e. The molecule has 0 atom stereocenters. The molecule has 0 unspecified atom stereocenters. The van der Waals surface area contributed by atoms with Gasteiger partial charge in [-0.05, 0) is 46.1 Å². The summed E-state index contributed by atoms with van der Waals surface area (Å²) in [5.41, 5.74) is 2.51. The monoisotopic (exact) mass is 281 g/mol. The average molecular weight is 282 g/mol. The molecule has 0 saturated carbocycles. The summed E-state index contributed by atoms with van der Waals surface area (Å²) < 4.78 is 0. The van der Waals surface area contributed by atoms with Gasteiger partial charge < -0.3 is 15.1 Å². The van der Waals surface area contributed by atoms with Crippen molar-refractivity contribution in [2.45, 2.75) is 25.4 Å². The molecule has 1 aromatic carbocycles. The van der Waals surface area contributed by atoms with E-state index in [1.165, 1.54) is 24.1 Å². The molecule has 0 amide bonds. The normalized spacial score (nSPS) is 17.2. The van der Waals surface area contributed by atoms with Crippen LogP contribution in [0.1, 0.15) is 18.4 Å². The van der Waals surface area contributed by atoms with E-state index in [1.54, 1.807) is 0 Å². The van der Waals surface area contributed by atoms with Crippen molar-refractivity contribution in [1.82, 2.24) is 10.2 Å². The molecular formula is C15H24ClN3. The predicted molar refractivity (Wildman–Crippen MR) is 83.1 cm³/mol. The molecule has 0 spiro atoms. The fraction of sp³-hybridized carbons (Fsp3) is 0.600. The summed E-state index contributed by atoms with van der Waals surface area (Å²) in [7, 11) is 6.31. The summed E-state index contributed by atoms with van der Waals surface area (Å²) in [6, 6.07) is 6.93. The Bertz CT molecular complexity index is 412. The summed E-state index contributed by atoms with van der Waals surface area (Å²) in [6.45, 7) is 3.04. The van der Waals surface area contributed by atoms with Gasteiger partial charge in [0.1, 0.15) is 0 Å². The number of rotatable bonds is 4. The van der Waals surface area contributed by atoms with Crippen molar-refractivity contribution in [1.29, 1.82) is 0 Å². The number of nitrogens with zero attached hydrogens (tertiary/aromatic N) is 2. The SMILES string of the molecule is CNCc1c(Cl)cccc1N1CCC(N(C)C)CC1. The van der Waals surface area contributed by atoms with Crippen LogP contribution in [-0.2, 0) is 6.54 Å². The molecule has 1 N–H and O–H groups in total. The Morgan fingerprint density at radius 3 is 2.58 bits per heavy atom. The van der Waals surface area contributed by atoms with Crippen LogP contribution in [-0.4, -0.2) is 45.2 Å². The Balaban J connectivity index is 2.13. The zero-order valence-corrected chi connectivity index (χ0v) is 12.9. The summed E-state index contributed by atoms with van der Waals surface area (Å²) in [4.78, 5) is 4.81. The lowest BCUT2D eigenvalue weighted by Crippen LogP contribution is -2.42. The van der Waals surface area contributed by atoms with Crippen molar-refractivity contribution >= 4 is 17.3 Å². The number of piperidine rings is 1. The summed E-state index contributed by atoms with van der Waals surface area (Å²) in [5, 5.41) is 4.07. The highest BCUT2D eigenvalue weighted by atomic mass is 35.5. The average Bonchev–Trinajstić information content (AvgIpc) is 2.41. The zero-order valence-electron chi connectivity index (χ0n) is 12.1. The Labute approximate surface area is 121 Å². The number of nitrogens with one attached hydrogen (secondary N) is 1. The van der Waals surface area contributed by atoms with Gasteiger partial charge in [-0.25, -0.2) is 0 Å². The van der Waals surface area contributed by atoms with Crippen molar-refractivity contribution in [3.05, 3.63) is 28.8 Å². The van der Waals surface area contributed by atoms with E-state index in [0.717, 1.165) is 24.7 Å². The molecular weight excluding hydrogens is 258 g/mol. The summed E-state index contributed by atoms with van der Waals surface area (Å²) >= 11 is 6.33. The van der Waals surface area contributed by atoms with Crippen LogP contribution in [0.4, 0.5) is 5.69 Å². The van der Waals surface area contributed by atoms with Crippen LogP contribution in [0.5, 0.6) is 0 Å². The lowest BCUT2D eigenvalue weighted by molar-refractivity contribution is 0.249. The van der Waals surface area contributed by atoms with Gasteiger partial charge in [0.15, 0.2) is 0 Å². The summed E-state index contributed by atoms with van der Waals surface area (Å²) in [6.07, 6.45) is 2.44. The fourth-order valence-electron chi connectivity index (χ4n) is 2.82. The number of hydrogen-bond acceptors (Lipinski definition) is 3. The lowest BCUT2D eigenvalue weighted by Gasteiger charge is -2.37. The number of hydrogen-bond donors (Lipinski definition) is 1. The minimum Gasteiger partial charge on any atom is -0.371 e. The van der Waals surface area contributed by atoms with E-state index < -0.39 is 0 Å². The molecule has 0 radical (unpaired) electrons. The first-order valence-electron chi connectivity index (χ1n) is 6.97. The van der Waals surface area contributed by atoms with Crippen LogP contribution in [0, 0.1) is 0 Å². The minimum atomic E-state index is 0.711. The second kappa shape index (κ2) is 6.60. The van der Waals surface area contributed by atoms with Gasteiger partial charge in [-0.15, -0.1) is 0 Å². The fourth-order valence-corrected chi connectivity index (χ4v) is 3.05. The maximum absolute atomic E-state index is 6.33. The van der Waals surface area contributed by atoms with E-state index in [-0.39, 0.29) is 0 Å². The molecule has 1 aromatic rings. The minimum absolute atomic E-state index is 0.711. The Hall–Kier alpha value is -0.770. The van der Waals surface area contributed by atoms with Gasteiger partial charge in [0, 0.05) is 41.9 Å². The van der Waals surface area contributed by atoms with Crippen molar-refractivity contribution in [3.63, 3.8) is 0 Å². The van der Waals surface area contributed by atoms with E-state index in [1.807, 2.05) is 13.1 Å². The van der Waals surface area contributed by atoms with Crippen molar-refractivity contribution in [2.75, 3.05) is 39.1 Å². The Kier molecular flexibility index (Phi) is 5.08. The first-order valence-corrected chi connectivity index (χ1v) is 7.34. The van der Waals surface area contributed by atoms with Crippen LogP contribution in [0.3, 0.4) is 0 Å². The molecule has 19 heavy (non-hydrogen) atoms. The van der Waals surface area contributed by atoms with E-state index in [2.05, 4.69) is 41.3 Å². The van der Waals surface area contributed by atoms with E-state index in [9.17, 15) is 0 Å². The maximum atomic E-state index is 6.33. The van der Waals surface area contributed by atoms with Crippen molar-refractivity contribution in [3.8, 4) is 0 Å². The third-order valence-corrected chi connectivity index (χ3v) is 4.34. The lowest BCUT2D eigenvalue weighted by atomic mass is 10.0. The molecule has 1 saturated heterocycles. The largest absolute Gasteiger partial charge is 0.371 e. The maximum Gasteiger partial charge on any atom is 0.0471 e. The molecule has 1 aliphatic heterocycles. The molecule has 1 fully saturated rings. The van der Waals surface area contributed by atoms with Gasteiger partial charge in [0.25, 0.3) is 0 Å². The highest BCUT2D eigenvalue weighted by Crippen LogP contribution is 2.30. The van der Waals surface area contributed by atoms with Gasteiger partial charge >= 0.3 is 0 Å². The second-order valence-corrected chi connectivity index (χ2v) is 5.86. The van der Waals surface area contributed by atoms with Crippen LogP contribution < -0.4 is 10.2 Å². The van der Waals surface area contributed by atoms with E-state index in [4.69, 9.17) is 11.6 Å². The first kappa shape index (κ1) is 14.6. The quantitative estimate of drug-likeness (QED) is 0.915. The predicted octanol–water partition coefficient (Wildman–Crippen LogP) is 2.59.